The van der Waals surface area contributed by atoms with Crippen LogP contribution >= 0.6 is 11.6 Å². The van der Waals surface area contributed by atoms with Gasteiger partial charge in [0.25, 0.3) is 0 Å². The first kappa shape index (κ1) is 10.4. The molecule has 0 saturated carbocycles. The lowest BCUT2D eigenvalue weighted by Crippen LogP contribution is -2.12. The van der Waals surface area contributed by atoms with E-state index in [-0.39, 0.29) is 12.6 Å². The van der Waals surface area contributed by atoms with Crippen LogP contribution in [0.3, 0.4) is 0 Å². The molecule has 2 nitrogen and oxygen atoms in total. The Kier molecular flexibility index (Phi) is 3.66. The van der Waals surface area contributed by atoms with Gasteiger partial charge in [-0.2, -0.15) is 0 Å². The van der Waals surface area contributed by atoms with Crippen molar-refractivity contribution < 1.29 is 9.50 Å². The molecule has 0 aliphatic rings. The predicted molar refractivity (Wildman–Crippen MR) is 50.0 cm³/mol. The number of hydrogen-bond donors (Lipinski definition) is 2. The Labute approximate surface area is 81.1 Å². The summed E-state index contributed by atoms with van der Waals surface area (Å²) < 4.78 is 12.8. The van der Waals surface area contributed by atoms with Gasteiger partial charge in [0.2, 0.25) is 0 Å². The van der Waals surface area contributed by atoms with Gasteiger partial charge in [0, 0.05) is 17.7 Å². The van der Waals surface area contributed by atoms with Crippen LogP contribution in [0, 0.1) is 5.82 Å². The summed E-state index contributed by atoms with van der Waals surface area (Å²) in [6.07, 6.45) is 0.403. The molecule has 1 aromatic carbocycles. The van der Waals surface area contributed by atoms with Gasteiger partial charge < -0.3 is 10.8 Å². The normalized spacial score (nSPS) is 12.9. The minimum atomic E-state index is -0.407. The molecule has 72 valence electrons. The number of rotatable bonds is 3. The van der Waals surface area contributed by atoms with E-state index in [1.165, 1.54) is 12.1 Å². The second-order valence-electron chi connectivity index (χ2n) is 2.82. The van der Waals surface area contributed by atoms with Crippen LogP contribution in [0.5, 0.6) is 0 Å². The lowest BCUT2D eigenvalue weighted by molar-refractivity contribution is 0.276. The van der Waals surface area contributed by atoms with Gasteiger partial charge in [-0.15, -0.1) is 0 Å². The molecule has 0 aliphatic heterocycles. The van der Waals surface area contributed by atoms with Gasteiger partial charge >= 0.3 is 0 Å². The molecule has 0 fully saturated rings. The predicted octanol–water partition coefficient (Wildman–Crippen LogP) is 1.86. The topological polar surface area (TPSA) is 46.2 Å². The minimum absolute atomic E-state index is 0.0186. The molecule has 4 heteroatoms. The van der Waals surface area contributed by atoms with Gasteiger partial charge in [0.1, 0.15) is 5.82 Å². The van der Waals surface area contributed by atoms with Gasteiger partial charge in [0.15, 0.2) is 0 Å². The van der Waals surface area contributed by atoms with Crippen molar-refractivity contribution in [3.63, 3.8) is 0 Å². The number of aliphatic hydroxyl groups is 1. The molecular weight excluding hydrogens is 193 g/mol. The largest absolute Gasteiger partial charge is 0.396 e. The van der Waals surface area contributed by atoms with Crippen molar-refractivity contribution in [3.8, 4) is 0 Å². The molecule has 13 heavy (non-hydrogen) atoms. The highest BCUT2D eigenvalue weighted by atomic mass is 35.5. The average Bonchev–Trinajstić information content (AvgIpc) is 2.03. The second-order valence-corrected chi connectivity index (χ2v) is 3.26. The Morgan fingerprint density at radius 2 is 2.15 bits per heavy atom. The molecule has 0 aromatic heterocycles. The highest BCUT2D eigenvalue weighted by Gasteiger charge is 2.07. The molecule has 0 aliphatic carbocycles. The number of nitrogens with two attached hydrogens (primary N) is 1. The first-order chi connectivity index (χ1) is 6.13. The van der Waals surface area contributed by atoms with Crippen molar-refractivity contribution in [2.75, 3.05) is 6.61 Å². The minimum Gasteiger partial charge on any atom is -0.396 e. The van der Waals surface area contributed by atoms with Crippen LogP contribution in [0.2, 0.25) is 5.02 Å². The molecule has 0 spiro atoms. The van der Waals surface area contributed by atoms with E-state index < -0.39 is 5.82 Å². The zero-order valence-electron chi connectivity index (χ0n) is 7.00. The molecule has 0 unspecified atom stereocenters. The fraction of sp³-hybridized carbons (Fsp3) is 0.333. The monoisotopic (exact) mass is 203 g/mol. The lowest BCUT2D eigenvalue weighted by atomic mass is 10.1. The quantitative estimate of drug-likeness (QED) is 0.788. The van der Waals surface area contributed by atoms with E-state index in [0.717, 1.165) is 0 Å². The summed E-state index contributed by atoms with van der Waals surface area (Å²) in [5.41, 5.74) is 6.27. The SMILES string of the molecule is N[C@@H](CCO)c1cc(F)cc(Cl)c1. The van der Waals surface area contributed by atoms with E-state index in [1.807, 2.05) is 0 Å². The number of benzene rings is 1. The number of halogens is 2. The van der Waals surface area contributed by atoms with Gasteiger partial charge in [-0.05, 0) is 30.2 Å². The second kappa shape index (κ2) is 4.56. The molecule has 0 saturated heterocycles. The maximum absolute atomic E-state index is 12.8. The Hall–Kier alpha value is -0.640. The number of hydrogen-bond acceptors (Lipinski definition) is 2. The van der Waals surface area contributed by atoms with E-state index in [0.29, 0.717) is 17.0 Å². The summed E-state index contributed by atoms with van der Waals surface area (Å²) in [7, 11) is 0. The average molecular weight is 204 g/mol. The van der Waals surface area contributed by atoms with Gasteiger partial charge in [-0.1, -0.05) is 11.6 Å². The van der Waals surface area contributed by atoms with E-state index in [9.17, 15) is 4.39 Å². The van der Waals surface area contributed by atoms with Crippen LogP contribution in [0.15, 0.2) is 18.2 Å². The third kappa shape index (κ3) is 2.95. The summed E-state index contributed by atoms with van der Waals surface area (Å²) in [4.78, 5) is 0. The highest BCUT2D eigenvalue weighted by Crippen LogP contribution is 2.20. The lowest BCUT2D eigenvalue weighted by Gasteiger charge is -2.10. The fourth-order valence-electron chi connectivity index (χ4n) is 1.09. The smallest absolute Gasteiger partial charge is 0.125 e. The third-order valence-electron chi connectivity index (χ3n) is 1.75. The standard InChI is InChI=1S/C9H11ClFNO/c10-7-3-6(4-8(11)5-7)9(12)1-2-13/h3-5,9,13H,1-2,12H2/t9-/m0/s1. The Balaban J connectivity index is 2.87. The van der Waals surface area contributed by atoms with Crippen molar-refractivity contribution in [2.24, 2.45) is 5.73 Å². The van der Waals surface area contributed by atoms with Crippen molar-refractivity contribution in [2.45, 2.75) is 12.5 Å². The van der Waals surface area contributed by atoms with Gasteiger partial charge in [-0.25, -0.2) is 4.39 Å². The maximum Gasteiger partial charge on any atom is 0.125 e. The summed E-state index contributed by atoms with van der Waals surface area (Å²) in [5, 5.41) is 8.95. The molecule has 0 bridgehead atoms. The molecule has 3 N–H and O–H groups in total. The van der Waals surface area contributed by atoms with E-state index in [4.69, 9.17) is 22.4 Å². The van der Waals surface area contributed by atoms with Crippen LogP contribution in [-0.2, 0) is 0 Å². The molecule has 1 aromatic rings. The Morgan fingerprint density at radius 1 is 1.46 bits per heavy atom. The molecule has 0 radical (unpaired) electrons. The summed E-state index contributed by atoms with van der Waals surface area (Å²) >= 11 is 5.64. The van der Waals surface area contributed by atoms with Crippen molar-refractivity contribution in [3.05, 3.63) is 34.6 Å². The zero-order chi connectivity index (χ0) is 9.84. The number of aliphatic hydroxyl groups excluding tert-OH is 1. The van der Waals surface area contributed by atoms with E-state index in [1.54, 1.807) is 6.07 Å². The van der Waals surface area contributed by atoms with Gasteiger partial charge in [0.05, 0.1) is 0 Å². The van der Waals surface area contributed by atoms with Crippen molar-refractivity contribution in [1.29, 1.82) is 0 Å². The third-order valence-corrected chi connectivity index (χ3v) is 1.97. The maximum atomic E-state index is 12.8. The first-order valence-electron chi connectivity index (χ1n) is 3.96. The molecule has 0 heterocycles. The Bertz CT molecular complexity index is 273. The molecule has 1 rings (SSSR count). The van der Waals surface area contributed by atoms with Crippen LogP contribution in [0.25, 0.3) is 0 Å². The highest BCUT2D eigenvalue weighted by molar-refractivity contribution is 6.30. The van der Waals surface area contributed by atoms with E-state index in [2.05, 4.69) is 0 Å². The van der Waals surface area contributed by atoms with Crippen LogP contribution in [0.1, 0.15) is 18.0 Å². The van der Waals surface area contributed by atoms with Crippen LogP contribution in [0.4, 0.5) is 4.39 Å². The summed E-state index contributed by atoms with van der Waals surface area (Å²) in [5.74, 6) is -0.407. The summed E-state index contributed by atoms with van der Waals surface area (Å²) in [6.45, 7) is -0.0186. The molecule has 0 amide bonds. The molecular formula is C9H11ClFNO. The van der Waals surface area contributed by atoms with E-state index >= 15 is 0 Å². The summed E-state index contributed by atoms with van der Waals surface area (Å²) in [6, 6.07) is 3.78. The van der Waals surface area contributed by atoms with Crippen LogP contribution < -0.4 is 5.73 Å². The Morgan fingerprint density at radius 3 is 2.69 bits per heavy atom. The van der Waals surface area contributed by atoms with Crippen LogP contribution in [-0.4, -0.2) is 11.7 Å². The van der Waals surface area contributed by atoms with Gasteiger partial charge in [-0.3, -0.25) is 0 Å². The molecule has 1 atom stereocenters. The first-order valence-corrected chi connectivity index (χ1v) is 4.33. The van der Waals surface area contributed by atoms with Crippen molar-refractivity contribution in [1.82, 2.24) is 0 Å². The zero-order valence-corrected chi connectivity index (χ0v) is 7.76. The van der Waals surface area contributed by atoms with Crippen molar-refractivity contribution >= 4 is 11.6 Å². The fourth-order valence-corrected chi connectivity index (χ4v) is 1.33.